The molecule has 1 saturated heterocycles. The molecule has 212 valence electrons. The minimum atomic E-state index is -3.95. The van der Waals surface area contributed by atoms with Crippen LogP contribution in [0.25, 0.3) is 0 Å². The van der Waals surface area contributed by atoms with Crippen LogP contribution in [0.15, 0.2) is 83.8 Å². The Balaban J connectivity index is 1.23. The third-order valence-electron chi connectivity index (χ3n) is 6.76. The van der Waals surface area contributed by atoms with E-state index in [1.807, 2.05) is 18.2 Å². The average Bonchev–Trinajstić information content (AvgIpc) is 2.98. The van der Waals surface area contributed by atoms with Crippen LogP contribution >= 0.6 is 0 Å². The highest BCUT2D eigenvalue weighted by Gasteiger charge is 2.18. The molecular weight excluding hydrogens is 528 g/mol. The summed E-state index contributed by atoms with van der Waals surface area (Å²) in [6.45, 7) is 2.62. The van der Waals surface area contributed by atoms with Crippen molar-refractivity contribution >= 4 is 27.5 Å². The van der Waals surface area contributed by atoms with Gasteiger partial charge in [-0.15, -0.1) is 0 Å². The molecule has 0 atom stereocenters. The van der Waals surface area contributed by atoms with Crippen molar-refractivity contribution in [1.29, 1.82) is 0 Å². The van der Waals surface area contributed by atoms with E-state index in [-0.39, 0.29) is 28.6 Å². The molecule has 3 aromatic rings. The predicted molar refractivity (Wildman–Crippen MR) is 155 cm³/mol. The van der Waals surface area contributed by atoms with Crippen LogP contribution in [0, 0.1) is 5.92 Å². The number of hydrogen-bond acceptors (Lipinski definition) is 6. The molecular formula is C30H36N4O5S. The molecule has 9 nitrogen and oxygen atoms in total. The molecule has 1 heterocycles. The highest BCUT2D eigenvalue weighted by Crippen LogP contribution is 2.31. The van der Waals surface area contributed by atoms with E-state index in [9.17, 15) is 18.0 Å². The van der Waals surface area contributed by atoms with Gasteiger partial charge in [0.2, 0.25) is 5.91 Å². The Bertz CT molecular complexity index is 1360. The maximum absolute atomic E-state index is 13.0. The summed E-state index contributed by atoms with van der Waals surface area (Å²) in [7, 11) is -3.95. The van der Waals surface area contributed by atoms with E-state index in [0.717, 1.165) is 31.8 Å². The van der Waals surface area contributed by atoms with Crippen LogP contribution in [0.4, 0.5) is 5.69 Å². The van der Waals surface area contributed by atoms with E-state index in [2.05, 4.69) is 20.7 Å². The zero-order chi connectivity index (χ0) is 28.2. The summed E-state index contributed by atoms with van der Waals surface area (Å²) in [6.07, 6.45) is 5.62. The van der Waals surface area contributed by atoms with E-state index in [1.165, 1.54) is 43.5 Å². The van der Waals surface area contributed by atoms with Crippen LogP contribution in [-0.2, 0) is 14.8 Å². The van der Waals surface area contributed by atoms with E-state index in [1.54, 1.807) is 36.4 Å². The number of ether oxygens (including phenoxy) is 1. The van der Waals surface area contributed by atoms with Gasteiger partial charge in [0.15, 0.2) is 5.75 Å². The summed E-state index contributed by atoms with van der Waals surface area (Å²) in [6, 6.07) is 21.3. The number of anilines is 1. The first kappa shape index (κ1) is 29.1. The lowest BCUT2D eigenvalue weighted by atomic mass is 9.92. The molecule has 4 rings (SSSR count). The van der Waals surface area contributed by atoms with Crippen LogP contribution in [0.5, 0.6) is 11.5 Å². The molecule has 1 aliphatic rings. The smallest absolute Gasteiger partial charge is 0.262 e. The number of nitrogens with one attached hydrogen (secondary N) is 4. The third-order valence-corrected chi connectivity index (χ3v) is 8.14. The van der Waals surface area contributed by atoms with Crippen molar-refractivity contribution in [3.05, 3.63) is 84.4 Å². The van der Waals surface area contributed by atoms with Gasteiger partial charge < -0.3 is 20.7 Å². The molecule has 0 unspecified atom stereocenters. The van der Waals surface area contributed by atoms with Gasteiger partial charge in [0.05, 0.1) is 17.1 Å². The zero-order valence-electron chi connectivity index (χ0n) is 22.4. The number of unbranched alkanes of at least 4 members (excludes halogenated alkanes) is 1. The van der Waals surface area contributed by atoms with Crippen molar-refractivity contribution in [3.8, 4) is 11.5 Å². The van der Waals surface area contributed by atoms with E-state index < -0.39 is 15.9 Å². The Labute approximate surface area is 235 Å². The summed E-state index contributed by atoms with van der Waals surface area (Å²) in [5, 5.41) is 8.78. The summed E-state index contributed by atoms with van der Waals surface area (Å²) in [5.74, 6) is 0.992. The molecule has 0 bridgehead atoms. The summed E-state index contributed by atoms with van der Waals surface area (Å²) in [4.78, 5) is 24.6. The van der Waals surface area contributed by atoms with Crippen LogP contribution in [0.2, 0.25) is 0 Å². The maximum Gasteiger partial charge on any atom is 0.262 e. The third kappa shape index (κ3) is 8.82. The van der Waals surface area contributed by atoms with Gasteiger partial charge in [0.25, 0.3) is 15.9 Å². The molecule has 0 aromatic heterocycles. The monoisotopic (exact) mass is 564 g/mol. The SMILES string of the molecule is O=C(CNC(=O)c1ccc(S(=O)(=O)Nc2ccccc2Oc2ccccc2)cc1)NCCCCC1CCNCC1. The average molecular weight is 565 g/mol. The number of piperidine rings is 1. The fourth-order valence-electron chi connectivity index (χ4n) is 4.53. The van der Waals surface area contributed by atoms with Crippen molar-refractivity contribution in [2.75, 3.05) is 30.9 Å². The second-order valence-electron chi connectivity index (χ2n) is 9.76. The molecule has 1 fully saturated rings. The topological polar surface area (TPSA) is 126 Å². The molecule has 1 aliphatic heterocycles. The molecule has 0 radical (unpaired) electrons. The molecule has 3 aromatic carbocycles. The molecule has 40 heavy (non-hydrogen) atoms. The van der Waals surface area contributed by atoms with Gasteiger partial charge in [-0.05, 0) is 86.8 Å². The fourth-order valence-corrected chi connectivity index (χ4v) is 5.60. The second kappa shape index (κ2) is 14.5. The zero-order valence-corrected chi connectivity index (χ0v) is 23.2. The minimum absolute atomic E-state index is 0.0132. The summed E-state index contributed by atoms with van der Waals surface area (Å²) < 4.78 is 34.4. The van der Waals surface area contributed by atoms with Crippen LogP contribution < -0.4 is 25.4 Å². The molecule has 0 saturated carbocycles. The first-order valence-electron chi connectivity index (χ1n) is 13.6. The van der Waals surface area contributed by atoms with Gasteiger partial charge in [-0.3, -0.25) is 14.3 Å². The normalized spacial score (nSPS) is 13.8. The standard InChI is InChI=1S/C30H36N4O5S/c35-29(32-19-7-6-8-23-17-20-31-21-18-23)22-33-30(36)24-13-15-26(16-14-24)40(37,38)34-27-11-4-5-12-28(27)39-25-9-2-1-3-10-25/h1-5,9-16,23,31,34H,6-8,17-22H2,(H,32,35)(H,33,36). The number of hydrogen-bond donors (Lipinski definition) is 4. The number of carbonyl (C=O) groups excluding carboxylic acids is 2. The number of carbonyl (C=O) groups is 2. The molecule has 0 spiro atoms. The van der Waals surface area contributed by atoms with Gasteiger partial charge in [0, 0.05) is 12.1 Å². The van der Waals surface area contributed by atoms with Crippen LogP contribution in [0.3, 0.4) is 0 Å². The highest BCUT2D eigenvalue weighted by molar-refractivity contribution is 7.92. The maximum atomic E-state index is 13.0. The van der Waals surface area contributed by atoms with Gasteiger partial charge in [-0.25, -0.2) is 8.42 Å². The van der Waals surface area contributed by atoms with Crippen molar-refractivity contribution in [3.63, 3.8) is 0 Å². The highest BCUT2D eigenvalue weighted by atomic mass is 32.2. The van der Waals surface area contributed by atoms with E-state index in [0.29, 0.717) is 18.0 Å². The number of para-hydroxylation sites is 3. The Hall–Kier alpha value is -3.89. The predicted octanol–water partition coefficient (Wildman–Crippen LogP) is 4.30. The summed E-state index contributed by atoms with van der Waals surface area (Å²) >= 11 is 0. The first-order valence-corrected chi connectivity index (χ1v) is 15.1. The van der Waals surface area contributed by atoms with Crippen LogP contribution in [0.1, 0.15) is 42.5 Å². The molecule has 4 N–H and O–H groups in total. The van der Waals surface area contributed by atoms with E-state index >= 15 is 0 Å². The second-order valence-corrected chi connectivity index (χ2v) is 11.4. The quantitative estimate of drug-likeness (QED) is 0.230. The lowest BCUT2D eigenvalue weighted by molar-refractivity contribution is -0.120. The Kier molecular flexibility index (Phi) is 10.5. The molecule has 0 aliphatic carbocycles. The molecule has 2 amide bonds. The van der Waals surface area contributed by atoms with Gasteiger partial charge in [-0.1, -0.05) is 43.2 Å². The fraction of sp³-hybridized carbons (Fsp3) is 0.333. The Morgan fingerprint density at radius 3 is 2.30 bits per heavy atom. The van der Waals surface area contributed by atoms with Crippen molar-refractivity contribution in [2.45, 2.75) is 37.0 Å². The lowest BCUT2D eigenvalue weighted by Gasteiger charge is -2.22. The largest absolute Gasteiger partial charge is 0.455 e. The lowest BCUT2D eigenvalue weighted by Crippen LogP contribution is -2.37. The van der Waals surface area contributed by atoms with Crippen molar-refractivity contribution in [1.82, 2.24) is 16.0 Å². The van der Waals surface area contributed by atoms with Gasteiger partial charge in [-0.2, -0.15) is 0 Å². The van der Waals surface area contributed by atoms with Crippen molar-refractivity contribution < 1.29 is 22.7 Å². The van der Waals surface area contributed by atoms with E-state index in [4.69, 9.17) is 4.74 Å². The number of benzene rings is 3. The number of rotatable bonds is 13. The first-order chi connectivity index (χ1) is 19.4. The minimum Gasteiger partial charge on any atom is -0.455 e. The number of sulfonamides is 1. The Morgan fingerprint density at radius 2 is 1.55 bits per heavy atom. The van der Waals surface area contributed by atoms with Crippen LogP contribution in [-0.4, -0.2) is 46.4 Å². The molecule has 10 heteroatoms. The summed E-state index contributed by atoms with van der Waals surface area (Å²) in [5.41, 5.74) is 0.534. The van der Waals surface area contributed by atoms with Gasteiger partial charge >= 0.3 is 0 Å². The number of amides is 2. The Morgan fingerprint density at radius 1 is 0.850 bits per heavy atom. The van der Waals surface area contributed by atoms with Gasteiger partial charge in [0.1, 0.15) is 5.75 Å². The van der Waals surface area contributed by atoms with Crippen molar-refractivity contribution in [2.24, 2.45) is 5.92 Å².